The van der Waals surface area contributed by atoms with Gasteiger partial charge in [-0.3, -0.25) is 4.90 Å². The van der Waals surface area contributed by atoms with Crippen LogP contribution >= 0.6 is 0 Å². The third-order valence-corrected chi connectivity index (χ3v) is 2.93. The van der Waals surface area contributed by atoms with Gasteiger partial charge in [-0.15, -0.1) is 0 Å². The van der Waals surface area contributed by atoms with E-state index in [1.165, 1.54) is 13.0 Å². The quantitative estimate of drug-likeness (QED) is 0.738. The van der Waals surface area contributed by atoms with Crippen molar-refractivity contribution in [1.82, 2.24) is 4.90 Å². The topological polar surface area (TPSA) is 38.5 Å². The summed E-state index contributed by atoms with van der Waals surface area (Å²) in [6.07, 6.45) is 1.82. The van der Waals surface area contributed by atoms with E-state index in [4.69, 9.17) is 10.5 Å². The number of nitrogens with two attached hydrogens (primary N) is 1. The minimum Gasteiger partial charge on any atom is -0.371 e. The van der Waals surface area contributed by atoms with E-state index < -0.39 is 0 Å². The zero-order chi connectivity index (χ0) is 10.6. The smallest absolute Gasteiger partial charge is 0.0828 e. The number of ether oxygens (including phenoxy) is 1. The summed E-state index contributed by atoms with van der Waals surface area (Å²) >= 11 is 0. The number of hydrogen-bond donors (Lipinski definition) is 1. The lowest BCUT2D eigenvalue weighted by atomic mass is 10.1. The van der Waals surface area contributed by atoms with E-state index in [2.05, 4.69) is 25.7 Å². The molecule has 0 spiro atoms. The first-order valence-corrected chi connectivity index (χ1v) is 5.73. The molecule has 1 heterocycles. The summed E-state index contributed by atoms with van der Waals surface area (Å²) in [5.41, 5.74) is 5.64. The van der Waals surface area contributed by atoms with Crippen LogP contribution in [-0.4, -0.2) is 43.3 Å². The molecule has 3 nitrogen and oxygen atoms in total. The molecule has 0 aromatic carbocycles. The van der Waals surface area contributed by atoms with Crippen LogP contribution in [0.5, 0.6) is 0 Å². The Bertz CT molecular complexity index is 161. The predicted octanol–water partition coefficient (Wildman–Crippen LogP) is 1.08. The van der Waals surface area contributed by atoms with E-state index in [0.29, 0.717) is 12.6 Å². The van der Waals surface area contributed by atoms with Crippen molar-refractivity contribution in [1.29, 1.82) is 0 Å². The number of rotatable bonds is 4. The number of hydrogen-bond acceptors (Lipinski definition) is 3. The molecular formula is C11H24N2O. The van der Waals surface area contributed by atoms with Crippen LogP contribution in [-0.2, 0) is 4.74 Å². The summed E-state index contributed by atoms with van der Waals surface area (Å²) in [4.78, 5) is 2.49. The summed E-state index contributed by atoms with van der Waals surface area (Å²) in [6.45, 7) is 10.6. The molecule has 3 unspecified atom stereocenters. The Balaban J connectivity index is 2.37. The van der Waals surface area contributed by atoms with Crippen LogP contribution in [0.15, 0.2) is 0 Å². The zero-order valence-corrected chi connectivity index (χ0v) is 9.70. The number of nitrogens with zero attached hydrogens (tertiary/aromatic N) is 1. The largest absolute Gasteiger partial charge is 0.371 e. The Morgan fingerprint density at radius 1 is 1.50 bits per heavy atom. The highest BCUT2D eigenvalue weighted by Crippen LogP contribution is 2.13. The van der Waals surface area contributed by atoms with Gasteiger partial charge in [-0.1, -0.05) is 20.3 Å². The van der Waals surface area contributed by atoms with Crippen molar-refractivity contribution >= 4 is 0 Å². The Morgan fingerprint density at radius 2 is 2.21 bits per heavy atom. The normalized spacial score (nSPS) is 31.7. The van der Waals surface area contributed by atoms with Crippen LogP contribution in [0.2, 0.25) is 0 Å². The highest BCUT2D eigenvalue weighted by Gasteiger charge is 2.24. The second-order valence-electron chi connectivity index (χ2n) is 4.54. The maximum absolute atomic E-state index is 5.71. The van der Waals surface area contributed by atoms with Crippen molar-refractivity contribution in [3.63, 3.8) is 0 Å². The minimum absolute atomic E-state index is 0.239. The first-order chi connectivity index (χ1) is 6.65. The first kappa shape index (κ1) is 12.0. The van der Waals surface area contributed by atoms with E-state index in [-0.39, 0.29) is 6.10 Å². The Labute approximate surface area is 87.6 Å². The lowest BCUT2D eigenvalue weighted by Crippen LogP contribution is -2.50. The summed E-state index contributed by atoms with van der Waals surface area (Å²) in [5.74, 6) is 0.777. The third kappa shape index (κ3) is 3.56. The van der Waals surface area contributed by atoms with Crippen LogP contribution in [0.25, 0.3) is 0 Å². The van der Waals surface area contributed by atoms with Crippen molar-refractivity contribution in [2.75, 3.05) is 26.2 Å². The van der Waals surface area contributed by atoms with Crippen LogP contribution < -0.4 is 5.73 Å². The Morgan fingerprint density at radius 3 is 2.79 bits per heavy atom. The maximum Gasteiger partial charge on any atom is 0.0828 e. The van der Waals surface area contributed by atoms with Gasteiger partial charge in [-0.25, -0.2) is 0 Å². The molecule has 1 fully saturated rings. The monoisotopic (exact) mass is 200 g/mol. The molecule has 1 aliphatic rings. The molecule has 0 aromatic heterocycles. The highest BCUT2D eigenvalue weighted by molar-refractivity contribution is 4.77. The number of morpholine rings is 1. The van der Waals surface area contributed by atoms with Gasteiger partial charge in [0.15, 0.2) is 0 Å². The summed E-state index contributed by atoms with van der Waals surface area (Å²) < 4.78 is 5.71. The van der Waals surface area contributed by atoms with Crippen LogP contribution in [0.1, 0.15) is 27.2 Å². The van der Waals surface area contributed by atoms with Crippen LogP contribution in [0.3, 0.4) is 0 Å². The van der Waals surface area contributed by atoms with Gasteiger partial charge in [0.25, 0.3) is 0 Å². The minimum atomic E-state index is 0.239. The standard InChI is InChI=1S/C11H24N2O/c1-4-9(2)6-13-7-10(3)14-11(5-12)8-13/h9-11H,4-8,12H2,1-3H3. The lowest BCUT2D eigenvalue weighted by Gasteiger charge is -2.37. The molecular weight excluding hydrogens is 176 g/mol. The fraction of sp³-hybridized carbons (Fsp3) is 1.00. The molecule has 2 N–H and O–H groups in total. The molecule has 0 aromatic rings. The van der Waals surface area contributed by atoms with Gasteiger partial charge in [-0.2, -0.15) is 0 Å². The molecule has 1 saturated heterocycles. The Kier molecular flexibility index (Phi) is 4.85. The van der Waals surface area contributed by atoms with Gasteiger partial charge in [0, 0.05) is 26.2 Å². The van der Waals surface area contributed by atoms with Crippen molar-refractivity contribution in [3.8, 4) is 0 Å². The molecule has 3 heteroatoms. The summed E-state index contributed by atoms with van der Waals surface area (Å²) in [6, 6.07) is 0. The predicted molar refractivity (Wildman–Crippen MR) is 59.3 cm³/mol. The highest BCUT2D eigenvalue weighted by atomic mass is 16.5. The molecule has 1 aliphatic heterocycles. The lowest BCUT2D eigenvalue weighted by molar-refractivity contribution is -0.0749. The third-order valence-electron chi connectivity index (χ3n) is 2.93. The van der Waals surface area contributed by atoms with Crippen molar-refractivity contribution in [2.24, 2.45) is 11.7 Å². The van der Waals surface area contributed by atoms with E-state index in [9.17, 15) is 0 Å². The fourth-order valence-electron chi connectivity index (χ4n) is 1.99. The average molecular weight is 200 g/mol. The van der Waals surface area contributed by atoms with Gasteiger partial charge < -0.3 is 10.5 Å². The summed E-state index contributed by atoms with van der Waals surface area (Å²) in [7, 11) is 0. The van der Waals surface area contributed by atoms with E-state index in [1.54, 1.807) is 0 Å². The second-order valence-corrected chi connectivity index (χ2v) is 4.54. The molecule has 0 amide bonds. The first-order valence-electron chi connectivity index (χ1n) is 5.73. The van der Waals surface area contributed by atoms with E-state index in [1.807, 2.05) is 0 Å². The van der Waals surface area contributed by atoms with Gasteiger partial charge in [0.05, 0.1) is 12.2 Å². The van der Waals surface area contributed by atoms with Crippen molar-refractivity contribution in [3.05, 3.63) is 0 Å². The molecule has 0 saturated carbocycles. The molecule has 0 aliphatic carbocycles. The van der Waals surface area contributed by atoms with Gasteiger partial charge >= 0.3 is 0 Å². The Hall–Kier alpha value is -0.120. The van der Waals surface area contributed by atoms with Crippen LogP contribution in [0.4, 0.5) is 0 Å². The maximum atomic E-state index is 5.71. The molecule has 1 rings (SSSR count). The van der Waals surface area contributed by atoms with Crippen molar-refractivity contribution < 1.29 is 4.74 Å². The molecule has 0 radical (unpaired) electrons. The fourth-order valence-corrected chi connectivity index (χ4v) is 1.99. The molecule has 14 heavy (non-hydrogen) atoms. The molecule has 0 bridgehead atoms. The van der Waals surface area contributed by atoms with E-state index >= 15 is 0 Å². The van der Waals surface area contributed by atoms with Crippen LogP contribution in [0, 0.1) is 5.92 Å². The van der Waals surface area contributed by atoms with Gasteiger partial charge in [0.1, 0.15) is 0 Å². The SMILES string of the molecule is CCC(C)CN1CC(C)OC(CN)C1. The second kappa shape index (κ2) is 5.69. The van der Waals surface area contributed by atoms with Crippen molar-refractivity contribution in [2.45, 2.75) is 39.4 Å². The van der Waals surface area contributed by atoms with Gasteiger partial charge in [-0.05, 0) is 12.8 Å². The molecule has 84 valence electrons. The average Bonchev–Trinajstić information content (AvgIpc) is 2.16. The van der Waals surface area contributed by atoms with Gasteiger partial charge in [0.2, 0.25) is 0 Å². The molecule has 3 atom stereocenters. The zero-order valence-electron chi connectivity index (χ0n) is 9.70. The summed E-state index contributed by atoms with van der Waals surface area (Å²) in [5, 5.41) is 0. The van der Waals surface area contributed by atoms with E-state index in [0.717, 1.165) is 19.0 Å².